The van der Waals surface area contributed by atoms with Gasteiger partial charge in [-0.2, -0.15) is 0 Å². The second-order valence-electron chi connectivity index (χ2n) is 7.91. The summed E-state index contributed by atoms with van der Waals surface area (Å²) in [7, 11) is -3.70. The molecule has 33 heavy (non-hydrogen) atoms. The third kappa shape index (κ3) is 6.20. The summed E-state index contributed by atoms with van der Waals surface area (Å²) in [4.78, 5) is 12.7. The van der Waals surface area contributed by atoms with Crippen molar-refractivity contribution >= 4 is 21.6 Å². The topological polar surface area (TPSA) is 66.5 Å². The number of sulfonamides is 1. The van der Waals surface area contributed by atoms with Crippen LogP contribution in [0.15, 0.2) is 66.7 Å². The van der Waals surface area contributed by atoms with E-state index in [1.54, 1.807) is 30.3 Å². The number of halogens is 1. The third-order valence-electron chi connectivity index (χ3n) is 5.56. The lowest BCUT2D eigenvalue weighted by Gasteiger charge is -2.23. The molecule has 0 aliphatic heterocycles. The van der Waals surface area contributed by atoms with Gasteiger partial charge >= 0.3 is 0 Å². The van der Waals surface area contributed by atoms with Gasteiger partial charge in [-0.25, -0.2) is 12.8 Å². The predicted molar refractivity (Wildman–Crippen MR) is 130 cm³/mol. The first kappa shape index (κ1) is 24.5. The van der Waals surface area contributed by atoms with E-state index in [2.05, 4.69) is 37.4 Å². The van der Waals surface area contributed by atoms with Crippen LogP contribution in [-0.2, 0) is 36.0 Å². The molecule has 0 radical (unpaired) electrons. The molecule has 0 aromatic heterocycles. The van der Waals surface area contributed by atoms with E-state index in [0.29, 0.717) is 17.7 Å². The van der Waals surface area contributed by atoms with Crippen LogP contribution in [0, 0.1) is 5.82 Å². The largest absolute Gasteiger partial charge is 0.348 e. The minimum absolute atomic E-state index is 0.0112. The minimum Gasteiger partial charge on any atom is -0.348 e. The van der Waals surface area contributed by atoms with E-state index in [0.717, 1.165) is 29.0 Å². The van der Waals surface area contributed by atoms with Gasteiger partial charge in [-0.1, -0.05) is 56.3 Å². The molecular weight excluding hydrogens is 439 g/mol. The first-order valence-corrected chi connectivity index (χ1v) is 12.8. The maximum atomic E-state index is 14.2. The van der Waals surface area contributed by atoms with Crippen LogP contribution in [0.4, 0.5) is 10.1 Å². The quantitative estimate of drug-likeness (QED) is 0.488. The zero-order valence-electron chi connectivity index (χ0n) is 19.1. The van der Waals surface area contributed by atoms with Crippen molar-refractivity contribution in [2.45, 2.75) is 39.8 Å². The molecule has 1 amide bonds. The van der Waals surface area contributed by atoms with Gasteiger partial charge in [-0.05, 0) is 59.4 Å². The van der Waals surface area contributed by atoms with E-state index in [1.165, 1.54) is 29.3 Å². The first-order valence-electron chi connectivity index (χ1n) is 10.9. The molecule has 0 unspecified atom stereocenters. The molecule has 0 bridgehead atoms. The third-order valence-corrected chi connectivity index (χ3v) is 6.69. The lowest BCUT2D eigenvalue weighted by atomic mass is 10.0. The Labute approximate surface area is 195 Å². The molecule has 3 aromatic rings. The average molecular weight is 469 g/mol. The maximum Gasteiger partial charge on any atom is 0.251 e. The Hall–Kier alpha value is -3.19. The fraction of sp³-hybridized carbons (Fsp3) is 0.269. The van der Waals surface area contributed by atoms with Crippen LogP contribution in [0.1, 0.15) is 46.5 Å². The molecule has 0 saturated carbocycles. The van der Waals surface area contributed by atoms with Gasteiger partial charge < -0.3 is 5.32 Å². The van der Waals surface area contributed by atoms with Crippen LogP contribution < -0.4 is 9.62 Å². The molecule has 0 atom stereocenters. The molecule has 5 nitrogen and oxygen atoms in total. The lowest BCUT2D eigenvalue weighted by molar-refractivity contribution is 0.0951. The Morgan fingerprint density at radius 2 is 1.58 bits per heavy atom. The number of benzene rings is 3. The number of para-hydroxylation sites is 1. The number of carbonyl (C=O) groups excluding carboxylic acids is 1. The monoisotopic (exact) mass is 468 g/mol. The number of rotatable bonds is 9. The Kier molecular flexibility index (Phi) is 7.87. The number of carbonyl (C=O) groups is 1. The molecule has 3 rings (SSSR count). The summed E-state index contributed by atoms with van der Waals surface area (Å²) in [6.45, 7) is 4.59. The fourth-order valence-corrected chi connectivity index (χ4v) is 4.54. The van der Waals surface area contributed by atoms with Crippen LogP contribution in [0.25, 0.3) is 0 Å². The zero-order chi connectivity index (χ0) is 24.0. The molecule has 0 aliphatic carbocycles. The van der Waals surface area contributed by atoms with E-state index in [1.807, 2.05) is 0 Å². The zero-order valence-corrected chi connectivity index (χ0v) is 20.0. The summed E-state index contributed by atoms with van der Waals surface area (Å²) in [6.07, 6.45) is 2.87. The minimum atomic E-state index is -3.70. The molecule has 0 saturated heterocycles. The molecule has 174 valence electrons. The highest BCUT2D eigenvalue weighted by molar-refractivity contribution is 7.92. The van der Waals surface area contributed by atoms with Gasteiger partial charge in [0.05, 0.1) is 18.5 Å². The van der Waals surface area contributed by atoms with Gasteiger partial charge in [0, 0.05) is 12.1 Å². The molecule has 0 heterocycles. The molecule has 7 heteroatoms. The molecule has 0 fully saturated rings. The Morgan fingerprint density at radius 3 is 2.18 bits per heavy atom. The Morgan fingerprint density at radius 1 is 0.909 bits per heavy atom. The highest BCUT2D eigenvalue weighted by atomic mass is 32.2. The second kappa shape index (κ2) is 10.6. The van der Waals surface area contributed by atoms with Crippen LogP contribution >= 0.6 is 0 Å². The first-order chi connectivity index (χ1) is 15.7. The number of amides is 1. The summed E-state index contributed by atoms with van der Waals surface area (Å²) >= 11 is 0. The highest BCUT2D eigenvalue weighted by Gasteiger charge is 2.21. The smallest absolute Gasteiger partial charge is 0.251 e. The van der Waals surface area contributed by atoms with Crippen molar-refractivity contribution < 1.29 is 17.6 Å². The SMILES string of the molecule is CCc1ccc(CC)c(CNC(=O)c2ccc(CN(c3ccccc3F)S(C)(=O)=O)cc2)c1. The summed E-state index contributed by atoms with van der Waals surface area (Å²) in [5, 5.41) is 2.96. The van der Waals surface area contributed by atoms with Crippen molar-refractivity contribution in [3.63, 3.8) is 0 Å². The van der Waals surface area contributed by atoms with Crippen molar-refractivity contribution in [1.29, 1.82) is 0 Å². The number of hydrogen-bond acceptors (Lipinski definition) is 3. The van der Waals surface area contributed by atoms with Crippen LogP contribution in [-0.4, -0.2) is 20.6 Å². The van der Waals surface area contributed by atoms with Crippen molar-refractivity contribution in [2.75, 3.05) is 10.6 Å². The molecule has 1 N–H and O–H groups in total. The van der Waals surface area contributed by atoms with Crippen LogP contribution in [0.2, 0.25) is 0 Å². The van der Waals surface area contributed by atoms with Gasteiger partial charge in [-0.15, -0.1) is 0 Å². The van der Waals surface area contributed by atoms with Crippen molar-refractivity contribution in [3.05, 3.63) is 100 Å². The average Bonchev–Trinajstić information content (AvgIpc) is 2.81. The summed E-state index contributed by atoms with van der Waals surface area (Å²) in [6, 6.07) is 18.8. The van der Waals surface area contributed by atoms with E-state index in [-0.39, 0.29) is 18.1 Å². The van der Waals surface area contributed by atoms with E-state index in [9.17, 15) is 17.6 Å². The fourth-order valence-electron chi connectivity index (χ4n) is 3.65. The molecule has 0 aliphatic rings. The second-order valence-corrected chi connectivity index (χ2v) is 9.82. The van der Waals surface area contributed by atoms with Crippen LogP contribution in [0.5, 0.6) is 0 Å². The number of anilines is 1. The maximum absolute atomic E-state index is 14.2. The summed E-state index contributed by atoms with van der Waals surface area (Å²) < 4.78 is 39.8. The number of aryl methyl sites for hydroxylation is 2. The number of nitrogens with zero attached hydrogens (tertiary/aromatic N) is 1. The molecule has 0 spiro atoms. The van der Waals surface area contributed by atoms with E-state index in [4.69, 9.17) is 0 Å². The van der Waals surface area contributed by atoms with E-state index >= 15 is 0 Å². The normalized spacial score (nSPS) is 11.3. The van der Waals surface area contributed by atoms with Crippen molar-refractivity contribution in [2.24, 2.45) is 0 Å². The van der Waals surface area contributed by atoms with Gasteiger partial charge in [0.25, 0.3) is 5.91 Å². The highest BCUT2D eigenvalue weighted by Crippen LogP contribution is 2.24. The van der Waals surface area contributed by atoms with Gasteiger partial charge in [0.15, 0.2) is 0 Å². The van der Waals surface area contributed by atoms with Gasteiger partial charge in [0.2, 0.25) is 10.0 Å². The predicted octanol–water partition coefficient (Wildman–Crippen LogP) is 4.85. The van der Waals surface area contributed by atoms with Crippen LogP contribution in [0.3, 0.4) is 0 Å². The molecular formula is C26H29FN2O3S. The Balaban J connectivity index is 1.72. The van der Waals surface area contributed by atoms with E-state index < -0.39 is 15.8 Å². The van der Waals surface area contributed by atoms with Crippen molar-refractivity contribution in [3.8, 4) is 0 Å². The Bertz CT molecular complexity index is 1220. The number of hydrogen-bond donors (Lipinski definition) is 1. The van der Waals surface area contributed by atoms with Gasteiger partial charge in [-0.3, -0.25) is 9.10 Å². The lowest BCUT2D eigenvalue weighted by Crippen LogP contribution is -2.30. The number of nitrogens with one attached hydrogen (secondary N) is 1. The van der Waals surface area contributed by atoms with Gasteiger partial charge in [0.1, 0.15) is 5.82 Å². The standard InChI is InChI=1S/C26H29FN2O3S/c1-4-19-10-13-21(5-2)23(16-19)17-28-26(30)22-14-11-20(12-15-22)18-29(33(3,31)32)25-9-7-6-8-24(25)27/h6-16H,4-5,17-18H2,1-3H3,(H,28,30). The van der Waals surface area contributed by atoms with Crippen molar-refractivity contribution in [1.82, 2.24) is 5.32 Å². The summed E-state index contributed by atoms with van der Waals surface area (Å²) in [5.74, 6) is -0.822. The molecule has 3 aromatic carbocycles. The summed E-state index contributed by atoms with van der Waals surface area (Å²) in [5.41, 5.74) is 4.64.